The molecule has 0 bridgehead atoms. The zero-order chi connectivity index (χ0) is 18.3. The summed E-state index contributed by atoms with van der Waals surface area (Å²) in [7, 11) is -3.85. The molecule has 0 spiro atoms. The van der Waals surface area contributed by atoms with Gasteiger partial charge in [-0.1, -0.05) is 42.5 Å². The van der Waals surface area contributed by atoms with Crippen molar-refractivity contribution in [3.63, 3.8) is 0 Å². The molecule has 0 fully saturated rings. The van der Waals surface area contributed by atoms with E-state index in [1.54, 1.807) is 30.7 Å². The van der Waals surface area contributed by atoms with Gasteiger partial charge >= 0.3 is 0 Å². The van der Waals surface area contributed by atoms with E-state index in [4.69, 9.17) is 5.41 Å². The number of rotatable bonds is 3. The number of sulfone groups is 1. The predicted octanol–water partition coefficient (Wildman–Crippen LogP) is 3.52. The van der Waals surface area contributed by atoms with E-state index in [1.165, 1.54) is 28.3 Å². The van der Waals surface area contributed by atoms with Crippen LogP contribution < -0.4 is 5.49 Å². The maximum atomic E-state index is 13.2. The highest BCUT2D eigenvalue weighted by atomic mass is 32.2. The number of hydrogen-bond acceptors (Lipinski definition) is 5. The molecule has 0 aliphatic carbocycles. The molecule has 0 radical (unpaired) electrons. The van der Waals surface area contributed by atoms with Crippen LogP contribution in [-0.2, 0) is 9.84 Å². The first kappa shape index (κ1) is 16.8. The summed E-state index contributed by atoms with van der Waals surface area (Å²) < 4.78 is 27.8. The van der Waals surface area contributed by atoms with Crippen molar-refractivity contribution in [2.24, 2.45) is 0 Å². The minimum Gasteiger partial charge on any atom is -0.285 e. The van der Waals surface area contributed by atoms with Crippen LogP contribution in [0.15, 0.2) is 81.7 Å². The van der Waals surface area contributed by atoms with Crippen LogP contribution in [0.4, 0.5) is 0 Å². The van der Waals surface area contributed by atoms with Crippen molar-refractivity contribution in [3.8, 4) is 0 Å². The van der Waals surface area contributed by atoms with Crippen LogP contribution in [0.3, 0.4) is 0 Å². The van der Waals surface area contributed by atoms with Crippen LogP contribution in [-0.4, -0.2) is 24.1 Å². The molecule has 0 saturated carbocycles. The molecule has 0 amide bonds. The molecule has 0 aliphatic heterocycles. The van der Waals surface area contributed by atoms with Crippen molar-refractivity contribution in [1.29, 1.82) is 5.41 Å². The maximum absolute atomic E-state index is 13.2. The monoisotopic (exact) mass is 381 g/mol. The molecule has 0 saturated heterocycles. The molecule has 1 N–H and O–H groups in total. The van der Waals surface area contributed by atoms with E-state index >= 15 is 0 Å². The summed E-state index contributed by atoms with van der Waals surface area (Å²) in [6, 6.07) is 17.8. The Hall–Kier alpha value is -2.64. The van der Waals surface area contributed by atoms with E-state index < -0.39 is 9.84 Å². The Morgan fingerprint density at radius 3 is 2.42 bits per heavy atom. The van der Waals surface area contributed by atoms with Crippen molar-refractivity contribution < 1.29 is 8.42 Å². The third kappa shape index (κ3) is 2.51. The fourth-order valence-corrected chi connectivity index (χ4v) is 5.37. The molecular weight excluding hydrogens is 366 g/mol. The Balaban J connectivity index is 2.13. The smallest absolute Gasteiger partial charge is 0.212 e. The summed E-state index contributed by atoms with van der Waals surface area (Å²) in [4.78, 5) is 4.69. The zero-order valence-electron chi connectivity index (χ0n) is 13.9. The average molecular weight is 381 g/mol. The van der Waals surface area contributed by atoms with Gasteiger partial charge in [0.15, 0.2) is 5.49 Å². The van der Waals surface area contributed by atoms with E-state index in [2.05, 4.69) is 4.98 Å². The van der Waals surface area contributed by atoms with Gasteiger partial charge in [0, 0.05) is 11.6 Å². The second-order valence-electron chi connectivity index (χ2n) is 5.71. The Bertz CT molecular complexity index is 1300. The first-order valence-corrected chi connectivity index (χ1v) is 10.6. The minimum absolute atomic E-state index is 0.0658. The van der Waals surface area contributed by atoms with E-state index in [-0.39, 0.29) is 15.3 Å². The number of thioether (sulfide) groups is 1. The lowest BCUT2D eigenvalue weighted by atomic mass is 10.2. The Morgan fingerprint density at radius 2 is 1.69 bits per heavy atom. The number of nitrogens with zero attached hydrogens (tertiary/aromatic N) is 2. The SMILES string of the molecule is CSc1nc2c3ccccc3ccn2c(=N)c1S(=O)(=O)c1ccccc1. The summed E-state index contributed by atoms with van der Waals surface area (Å²) in [5.41, 5.74) is 0.485. The normalized spacial score (nSPS) is 11.9. The summed E-state index contributed by atoms with van der Waals surface area (Å²) in [6.07, 6.45) is 3.47. The van der Waals surface area contributed by atoms with Gasteiger partial charge in [-0.05, 0) is 29.8 Å². The first-order chi connectivity index (χ1) is 12.5. The van der Waals surface area contributed by atoms with Crippen molar-refractivity contribution in [2.45, 2.75) is 14.8 Å². The van der Waals surface area contributed by atoms with Crippen molar-refractivity contribution in [2.75, 3.05) is 6.26 Å². The van der Waals surface area contributed by atoms with Gasteiger partial charge in [0.25, 0.3) is 0 Å². The lowest BCUT2D eigenvalue weighted by Crippen LogP contribution is -2.24. The van der Waals surface area contributed by atoms with Gasteiger partial charge in [-0.3, -0.25) is 9.81 Å². The number of benzene rings is 2. The number of aromatic nitrogens is 2. The second kappa shape index (κ2) is 6.26. The maximum Gasteiger partial charge on any atom is 0.212 e. The van der Waals surface area contributed by atoms with Gasteiger partial charge in [0.1, 0.15) is 15.6 Å². The van der Waals surface area contributed by atoms with Crippen LogP contribution in [0, 0.1) is 5.41 Å². The molecule has 4 aromatic rings. The molecule has 0 unspecified atom stereocenters. The van der Waals surface area contributed by atoms with E-state index in [0.29, 0.717) is 10.7 Å². The Labute approximate surface area is 154 Å². The number of fused-ring (bicyclic) bond motifs is 3. The molecule has 26 heavy (non-hydrogen) atoms. The quantitative estimate of drug-likeness (QED) is 0.335. The molecule has 2 aromatic heterocycles. The molecule has 0 atom stereocenters. The summed E-state index contributed by atoms with van der Waals surface area (Å²) in [5, 5.41) is 10.8. The zero-order valence-corrected chi connectivity index (χ0v) is 15.5. The summed E-state index contributed by atoms with van der Waals surface area (Å²) in [6.45, 7) is 0. The third-order valence-electron chi connectivity index (χ3n) is 4.21. The first-order valence-electron chi connectivity index (χ1n) is 7.87. The largest absolute Gasteiger partial charge is 0.285 e. The third-order valence-corrected chi connectivity index (χ3v) is 6.83. The second-order valence-corrected chi connectivity index (χ2v) is 8.39. The number of nitrogens with one attached hydrogen (secondary N) is 1. The molecule has 0 aliphatic rings. The van der Waals surface area contributed by atoms with E-state index in [0.717, 1.165) is 10.8 Å². The van der Waals surface area contributed by atoms with Gasteiger partial charge in [-0.25, -0.2) is 13.4 Å². The van der Waals surface area contributed by atoms with E-state index in [1.807, 2.05) is 30.3 Å². The lowest BCUT2D eigenvalue weighted by molar-refractivity contribution is 0.589. The molecular formula is C19H15N3O2S2. The topological polar surface area (TPSA) is 75.3 Å². The molecule has 7 heteroatoms. The van der Waals surface area contributed by atoms with Crippen LogP contribution in [0.5, 0.6) is 0 Å². The summed E-state index contributed by atoms with van der Waals surface area (Å²) in [5.74, 6) is 0. The number of pyridine rings is 1. The Kier molecular flexibility index (Phi) is 4.05. The van der Waals surface area contributed by atoms with Crippen LogP contribution in [0.2, 0.25) is 0 Å². The summed E-state index contributed by atoms with van der Waals surface area (Å²) >= 11 is 1.23. The highest BCUT2D eigenvalue weighted by Crippen LogP contribution is 2.27. The standard InChI is InChI=1S/C19H15N3O2S2/c1-25-19-16(26(23,24)14-8-3-2-4-9-14)17(20)22-12-11-13-7-5-6-10-15(13)18(22)21-19/h2-12,20H,1H3. The molecule has 2 aromatic carbocycles. The highest BCUT2D eigenvalue weighted by Gasteiger charge is 2.26. The fraction of sp³-hybridized carbons (Fsp3) is 0.0526. The highest BCUT2D eigenvalue weighted by molar-refractivity contribution is 7.99. The van der Waals surface area contributed by atoms with Crippen LogP contribution in [0.1, 0.15) is 0 Å². The van der Waals surface area contributed by atoms with Crippen molar-refractivity contribution in [1.82, 2.24) is 9.38 Å². The van der Waals surface area contributed by atoms with Crippen molar-refractivity contribution >= 4 is 38.0 Å². The average Bonchev–Trinajstić information content (AvgIpc) is 2.68. The molecule has 2 heterocycles. The number of hydrogen-bond donors (Lipinski definition) is 1. The van der Waals surface area contributed by atoms with Gasteiger partial charge in [-0.15, -0.1) is 11.8 Å². The van der Waals surface area contributed by atoms with Gasteiger partial charge in [0.05, 0.1) is 4.90 Å². The van der Waals surface area contributed by atoms with Gasteiger partial charge in [0.2, 0.25) is 9.84 Å². The minimum atomic E-state index is -3.85. The van der Waals surface area contributed by atoms with Gasteiger partial charge in [-0.2, -0.15) is 0 Å². The van der Waals surface area contributed by atoms with E-state index in [9.17, 15) is 8.42 Å². The van der Waals surface area contributed by atoms with Crippen LogP contribution in [0.25, 0.3) is 16.4 Å². The molecule has 5 nitrogen and oxygen atoms in total. The lowest BCUT2D eigenvalue weighted by Gasteiger charge is -2.13. The van der Waals surface area contributed by atoms with Crippen LogP contribution >= 0.6 is 11.8 Å². The predicted molar refractivity (Wildman–Crippen MR) is 102 cm³/mol. The van der Waals surface area contributed by atoms with Crippen molar-refractivity contribution in [3.05, 3.63) is 72.3 Å². The Morgan fingerprint density at radius 1 is 1.00 bits per heavy atom. The molecule has 130 valence electrons. The fourth-order valence-electron chi connectivity index (χ4n) is 2.95. The van der Waals surface area contributed by atoms with Gasteiger partial charge < -0.3 is 0 Å². The molecule has 4 rings (SSSR count).